The molecule has 2 amide bonds. The molecule has 0 bridgehead atoms. The molecule has 7 heteroatoms. The van der Waals surface area contributed by atoms with Crippen LogP contribution in [0.2, 0.25) is 0 Å². The number of benzene rings is 1. The van der Waals surface area contributed by atoms with Gasteiger partial charge in [0.2, 0.25) is 5.13 Å². The van der Waals surface area contributed by atoms with Crippen molar-refractivity contribution in [3.05, 3.63) is 40.4 Å². The summed E-state index contributed by atoms with van der Waals surface area (Å²) in [5.74, 6) is 0. The molecule has 2 aromatic rings. The minimum absolute atomic E-state index is 0.231. The van der Waals surface area contributed by atoms with E-state index in [1.807, 2.05) is 6.92 Å². The van der Waals surface area contributed by atoms with E-state index in [4.69, 9.17) is 0 Å². The molecule has 0 aliphatic carbocycles. The van der Waals surface area contributed by atoms with Gasteiger partial charge < -0.3 is 5.32 Å². The number of aromatic nitrogens is 2. The highest BCUT2D eigenvalue weighted by molar-refractivity contribution is 7.15. The number of carbonyl (C=O) groups is 1. The van der Waals surface area contributed by atoms with E-state index in [0.29, 0.717) is 11.7 Å². The Morgan fingerprint density at radius 2 is 2.13 bits per heavy atom. The van der Waals surface area contributed by atoms with Gasteiger partial charge in [0.1, 0.15) is 5.01 Å². The van der Waals surface area contributed by atoms with Gasteiger partial charge in [0.05, 0.1) is 0 Å². The predicted octanol–water partition coefficient (Wildman–Crippen LogP) is 2.41. The highest BCUT2D eigenvalue weighted by atomic mass is 32.1. The van der Waals surface area contributed by atoms with E-state index in [1.165, 1.54) is 22.5 Å². The number of amides is 2. The fraction of sp³-hybridized carbons (Fsp3) is 0.438. The van der Waals surface area contributed by atoms with Crippen LogP contribution in [0.3, 0.4) is 0 Å². The van der Waals surface area contributed by atoms with Crippen molar-refractivity contribution in [2.24, 2.45) is 0 Å². The Hall–Kier alpha value is -1.99. The van der Waals surface area contributed by atoms with E-state index in [9.17, 15) is 4.79 Å². The van der Waals surface area contributed by atoms with Crippen LogP contribution in [-0.2, 0) is 13.0 Å². The lowest BCUT2D eigenvalue weighted by molar-refractivity contribution is 0.186. The number of carbonyl (C=O) groups excluding carboxylic acids is 1. The molecule has 1 aliphatic heterocycles. The smallest absolute Gasteiger partial charge is 0.321 e. The summed E-state index contributed by atoms with van der Waals surface area (Å²) < 4.78 is 0. The van der Waals surface area contributed by atoms with Crippen LogP contribution in [0, 0.1) is 6.92 Å². The molecule has 6 nitrogen and oxygen atoms in total. The number of anilines is 1. The van der Waals surface area contributed by atoms with E-state index in [2.05, 4.69) is 56.9 Å². The molecule has 1 aliphatic rings. The first kappa shape index (κ1) is 15.9. The molecule has 1 aromatic heterocycles. The molecule has 122 valence electrons. The minimum Gasteiger partial charge on any atom is -0.336 e. The van der Waals surface area contributed by atoms with E-state index in [1.54, 1.807) is 0 Å². The predicted molar refractivity (Wildman–Crippen MR) is 91.7 cm³/mol. The van der Waals surface area contributed by atoms with Crippen LogP contribution in [0.15, 0.2) is 24.3 Å². The third-order valence-electron chi connectivity index (χ3n) is 4.09. The van der Waals surface area contributed by atoms with Crippen LogP contribution in [0.1, 0.15) is 23.1 Å². The van der Waals surface area contributed by atoms with Crippen molar-refractivity contribution in [2.75, 3.05) is 18.4 Å². The summed E-state index contributed by atoms with van der Waals surface area (Å²) in [5.41, 5.74) is 2.83. The summed E-state index contributed by atoms with van der Waals surface area (Å²) in [6, 6.07) is 8.62. The number of hydrogen-bond donors (Lipinski definition) is 2. The molecule has 23 heavy (non-hydrogen) atoms. The summed E-state index contributed by atoms with van der Waals surface area (Å²) in [6.07, 6.45) is 1.07. The molecule has 0 spiro atoms. The number of aryl methyl sites for hydroxylation is 1. The summed E-state index contributed by atoms with van der Waals surface area (Å²) in [4.78, 5) is 14.3. The van der Waals surface area contributed by atoms with Crippen LogP contribution < -0.4 is 10.6 Å². The lowest BCUT2D eigenvalue weighted by Gasteiger charge is -2.33. The molecule has 0 saturated carbocycles. The molecule has 3 rings (SSSR count). The molecule has 0 fully saturated rings. The third kappa shape index (κ3) is 4.05. The van der Waals surface area contributed by atoms with Crippen molar-refractivity contribution in [2.45, 2.75) is 32.9 Å². The van der Waals surface area contributed by atoms with Gasteiger partial charge in [-0.15, -0.1) is 10.2 Å². The van der Waals surface area contributed by atoms with Gasteiger partial charge in [0, 0.05) is 25.7 Å². The number of hydrogen-bond acceptors (Lipinski definition) is 5. The number of urea groups is 1. The second-order valence-corrected chi connectivity index (χ2v) is 6.98. The van der Waals surface area contributed by atoms with Crippen LogP contribution in [-0.4, -0.2) is 40.3 Å². The van der Waals surface area contributed by atoms with E-state index in [-0.39, 0.29) is 12.1 Å². The van der Waals surface area contributed by atoms with Gasteiger partial charge in [0.15, 0.2) is 0 Å². The first-order valence-corrected chi connectivity index (χ1v) is 8.59. The monoisotopic (exact) mass is 331 g/mol. The van der Waals surface area contributed by atoms with Gasteiger partial charge >= 0.3 is 6.03 Å². The van der Waals surface area contributed by atoms with Crippen molar-refractivity contribution >= 4 is 22.5 Å². The van der Waals surface area contributed by atoms with Gasteiger partial charge in [-0.1, -0.05) is 35.6 Å². The van der Waals surface area contributed by atoms with Crippen LogP contribution >= 0.6 is 11.3 Å². The Kier molecular flexibility index (Phi) is 4.88. The summed E-state index contributed by atoms with van der Waals surface area (Å²) in [5, 5.41) is 14.7. The fourth-order valence-electron chi connectivity index (χ4n) is 2.75. The Labute approximate surface area is 139 Å². The van der Waals surface area contributed by atoms with Crippen LogP contribution in [0.5, 0.6) is 0 Å². The lowest BCUT2D eigenvalue weighted by atomic mass is 9.99. The fourth-order valence-corrected chi connectivity index (χ4v) is 3.34. The topological polar surface area (TPSA) is 70.1 Å². The quantitative estimate of drug-likeness (QED) is 0.903. The molecule has 1 atom stereocenters. The lowest BCUT2D eigenvalue weighted by Crippen LogP contribution is -2.45. The summed E-state index contributed by atoms with van der Waals surface area (Å²) >= 11 is 1.37. The van der Waals surface area contributed by atoms with E-state index in [0.717, 1.165) is 24.5 Å². The van der Waals surface area contributed by atoms with E-state index >= 15 is 0 Å². The molecule has 1 unspecified atom stereocenters. The highest BCUT2D eigenvalue weighted by Crippen LogP contribution is 2.20. The van der Waals surface area contributed by atoms with Crippen molar-refractivity contribution < 1.29 is 4.79 Å². The largest absolute Gasteiger partial charge is 0.336 e. The van der Waals surface area contributed by atoms with Crippen molar-refractivity contribution in [1.82, 2.24) is 20.4 Å². The maximum absolute atomic E-state index is 11.9. The van der Waals surface area contributed by atoms with Crippen molar-refractivity contribution in [3.8, 4) is 0 Å². The molecule has 1 aromatic carbocycles. The van der Waals surface area contributed by atoms with Crippen LogP contribution in [0.4, 0.5) is 9.93 Å². The maximum Gasteiger partial charge on any atom is 0.321 e. The number of fused-ring (bicyclic) bond motifs is 1. The molecule has 0 saturated heterocycles. The Balaban J connectivity index is 1.48. The average Bonchev–Trinajstić information content (AvgIpc) is 2.97. The molecule has 2 heterocycles. The standard InChI is InChI=1S/C16H21N5OS/c1-11(9-17-15(22)18-16-20-19-12(2)23-16)21-8-7-13-5-3-4-6-14(13)10-21/h3-6,11H,7-10H2,1-2H3,(H2,17,18,20,22). The Morgan fingerprint density at radius 1 is 1.35 bits per heavy atom. The van der Waals surface area contributed by atoms with Gasteiger partial charge in [-0.3, -0.25) is 10.2 Å². The molecule has 0 radical (unpaired) electrons. The summed E-state index contributed by atoms with van der Waals surface area (Å²) in [6.45, 7) is 6.57. The molecular formula is C16H21N5OS. The van der Waals surface area contributed by atoms with Gasteiger partial charge in [-0.05, 0) is 31.4 Å². The first-order chi connectivity index (χ1) is 11.1. The SMILES string of the molecule is Cc1nnc(NC(=O)NCC(C)N2CCc3ccccc3C2)s1. The van der Waals surface area contributed by atoms with Gasteiger partial charge in [-0.25, -0.2) is 4.79 Å². The zero-order valence-corrected chi connectivity index (χ0v) is 14.2. The molecular weight excluding hydrogens is 310 g/mol. The van der Waals surface area contributed by atoms with Crippen molar-refractivity contribution in [3.63, 3.8) is 0 Å². The molecule has 2 N–H and O–H groups in total. The number of rotatable bonds is 4. The van der Waals surface area contributed by atoms with Gasteiger partial charge in [0.25, 0.3) is 0 Å². The van der Waals surface area contributed by atoms with Crippen molar-refractivity contribution in [1.29, 1.82) is 0 Å². The van der Waals surface area contributed by atoms with Gasteiger partial charge in [-0.2, -0.15) is 0 Å². The Morgan fingerprint density at radius 3 is 2.87 bits per heavy atom. The summed E-state index contributed by atoms with van der Waals surface area (Å²) in [7, 11) is 0. The second-order valence-electron chi connectivity index (χ2n) is 5.80. The zero-order valence-electron chi connectivity index (χ0n) is 13.4. The maximum atomic E-state index is 11.9. The third-order valence-corrected chi connectivity index (χ3v) is 4.84. The number of nitrogens with zero attached hydrogens (tertiary/aromatic N) is 3. The zero-order chi connectivity index (χ0) is 16.2. The normalized spacial score (nSPS) is 15.7. The van der Waals surface area contributed by atoms with E-state index < -0.39 is 0 Å². The second kappa shape index (κ2) is 7.06. The minimum atomic E-state index is -0.231. The van der Waals surface area contributed by atoms with Crippen LogP contribution in [0.25, 0.3) is 0 Å². The number of nitrogens with one attached hydrogen (secondary N) is 2. The first-order valence-electron chi connectivity index (χ1n) is 7.77. The Bertz CT molecular complexity index is 687. The highest BCUT2D eigenvalue weighted by Gasteiger charge is 2.20. The average molecular weight is 331 g/mol.